The van der Waals surface area contributed by atoms with Gasteiger partial charge in [-0.3, -0.25) is 4.79 Å². The molecule has 0 aliphatic heterocycles. The van der Waals surface area contributed by atoms with E-state index in [9.17, 15) is 4.79 Å². The minimum Gasteiger partial charge on any atom is -0.336 e. The van der Waals surface area contributed by atoms with Crippen LogP contribution in [0.25, 0.3) is 0 Å². The molecule has 0 spiro atoms. The van der Waals surface area contributed by atoms with Gasteiger partial charge in [-0.05, 0) is 66.7 Å². The average Bonchev–Trinajstić information content (AvgIpc) is 2.41. The Morgan fingerprint density at radius 3 is 2.50 bits per heavy atom. The number of rotatable bonds is 3. The van der Waals surface area contributed by atoms with E-state index < -0.39 is 0 Å². The van der Waals surface area contributed by atoms with Crippen LogP contribution in [0.3, 0.4) is 0 Å². The second kappa shape index (κ2) is 7.05. The number of carbonyl (C=O) groups excluding carboxylic acids is 1. The largest absolute Gasteiger partial charge is 0.336 e. The van der Waals surface area contributed by atoms with Crippen LogP contribution in [0.1, 0.15) is 43.0 Å². The molecule has 2 rings (SSSR count). The molecule has 0 bridgehead atoms. The van der Waals surface area contributed by atoms with Gasteiger partial charge in [0.05, 0.1) is 5.56 Å². The second-order valence-electron chi connectivity index (χ2n) is 5.28. The summed E-state index contributed by atoms with van der Waals surface area (Å²) in [4.78, 5) is 14.7. The first-order chi connectivity index (χ1) is 9.52. The predicted octanol–water partition coefficient (Wildman–Crippen LogP) is 3.94. The third-order valence-corrected chi connectivity index (χ3v) is 5.09. The molecular formula is C15H20Br2N2O. The summed E-state index contributed by atoms with van der Waals surface area (Å²) < 4.78 is 1.80. The molecule has 2 N–H and O–H groups in total. The van der Waals surface area contributed by atoms with Crippen LogP contribution in [0.4, 0.5) is 0 Å². The predicted molar refractivity (Wildman–Crippen MR) is 88.8 cm³/mol. The molecule has 1 amide bonds. The molecule has 1 aliphatic rings. The Morgan fingerprint density at radius 1 is 1.30 bits per heavy atom. The SMILES string of the molecule is CCN(C(=O)c1ccc(Br)cc1Br)C1CCC(N)CC1. The lowest BCUT2D eigenvalue weighted by Crippen LogP contribution is -2.44. The third-order valence-electron chi connectivity index (χ3n) is 3.95. The molecule has 0 saturated heterocycles. The highest BCUT2D eigenvalue weighted by molar-refractivity contribution is 9.11. The summed E-state index contributed by atoms with van der Waals surface area (Å²) in [5.74, 6) is 0.104. The zero-order valence-corrected chi connectivity index (χ0v) is 14.8. The fourth-order valence-corrected chi connectivity index (χ4v) is 4.02. The van der Waals surface area contributed by atoms with E-state index in [0.717, 1.165) is 46.7 Å². The van der Waals surface area contributed by atoms with E-state index in [-0.39, 0.29) is 5.91 Å². The van der Waals surface area contributed by atoms with Crippen LogP contribution in [0.5, 0.6) is 0 Å². The van der Waals surface area contributed by atoms with Crippen molar-refractivity contribution >= 4 is 37.8 Å². The number of hydrogen-bond donors (Lipinski definition) is 1. The number of halogens is 2. The molecule has 3 nitrogen and oxygen atoms in total. The number of benzene rings is 1. The Labute approximate surface area is 137 Å². The number of carbonyl (C=O) groups is 1. The van der Waals surface area contributed by atoms with Crippen molar-refractivity contribution in [1.82, 2.24) is 4.90 Å². The standard InChI is InChI=1S/C15H20Br2N2O/c1-2-19(12-6-4-11(18)5-7-12)15(20)13-8-3-10(16)9-14(13)17/h3,8-9,11-12H,2,4-7,18H2,1H3. The molecular weight excluding hydrogens is 384 g/mol. The topological polar surface area (TPSA) is 46.3 Å². The molecule has 0 heterocycles. The summed E-state index contributed by atoms with van der Waals surface area (Å²) >= 11 is 6.90. The summed E-state index contributed by atoms with van der Waals surface area (Å²) in [5.41, 5.74) is 6.68. The molecule has 1 aliphatic carbocycles. The Balaban J connectivity index is 2.16. The summed E-state index contributed by atoms with van der Waals surface area (Å²) in [6.07, 6.45) is 4.04. The van der Waals surface area contributed by atoms with Crippen LogP contribution in [-0.2, 0) is 0 Å². The van der Waals surface area contributed by atoms with E-state index in [1.165, 1.54) is 0 Å². The van der Waals surface area contributed by atoms with Crippen LogP contribution in [0.2, 0.25) is 0 Å². The van der Waals surface area contributed by atoms with Crippen molar-refractivity contribution in [3.8, 4) is 0 Å². The van der Waals surface area contributed by atoms with Gasteiger partial charge in [0.15, 0.2) is 0 Å². The van der Waals surface area contributed by atoms with Gasteiger partial charge in [-0.2, -0.15) is 0 Å². The molecule has 0 radical (unpaired) electrons. The first-order valence-corrected chi connectivity index (χ1v) is 8.63. The molecule has 20 heavy (non-hydrogen) atoms. The van der Waals surface area contributed by atoms with E-state index in [0.29, 0.717) is 12.1 Å². The number of hydrogen-bond acceptors (Lipinski definition) is 2. The summed E-state index contributed by atoms with van der Waals surface area (Å²) in [6, 6.07) is 6.32. The van der Waals surface area contributed by atoms with E-state index in [2.05, 4.69) is 31.9 Å². The first-order valence-electron chi connectivity index (χ1n) is 7.04. The minimum absolute atomic E-state index is 0.104. The van der Waals surface area contributed by atoms with Gasteiger partial charge >= 0.3 is 0 Å². The van der Waals surface area contributed by atoms with Crippen molar-refractivity contribution in [3.63, 3.8) is 0 Å². The van der Waals surface area contributed by atoms with Crippen LogP contribution in [0, 0.1) is 0 Å². The highest BCUT2D eigenvalue weighted by Gasteiger charge is 2.28. The lowest BCUT2D eigenvalue weighted by molar-refractivity contribution is 0.0640. The van der Waals surface area contributed by atoms with Crippen molar-refractivity contribution < 1.29 is 4.79 Å². The highest BCUT2D eigenvalue weighted by atomic mass is 79.9. The Kier molecular flexibility index (Phi) is 5.64. The Morgan fingerprint density at radius 2 is 1.95 bits per heavy atom. The fourth-order valence-electron chi connectivity index (χ4n) is 2.80. The maximum absolute atomic E-state index is 12.7. The summed E-state index contributed by atoms with van der Waals surface area (Å²) in [6.45, 7) is 2.78. The van der Waals surface area contributed by atoms with Crippen molar-refractivity contribution in [3.05, 3.63) is 32.7 Å². The van der Waals surface area contributed by atoms with Crippen LogP contribution in [-0.4, -0.2) is 29.4 Å². The molecule has 0 unspecified atom stereocenters. The van der Waals surface area contributed by atoms with E-state index >= 15 is 0 Å². The molecule has 1 fully saturated rings. The molecule has 5 heteroatoms. The van der Waals surface area contributed by atoms with Gasteiger partial charge in [0, 0.05) is 27.6 Å². The van der Waals surface area contributed by atoms with E-state index in [4.69, 9.17) is 5.73 Å². The van der Waals surface area contributed by atoms with E-state index in [1.54, 1.807) is 0 Å². The van der Waals surface area contributed by atoms with Gasteiger partial charge in [-0.1, -0.05) is 15.9 Å². The van der Waals surface area contributed by atoms with Crippen molar-refractivity contribution in [2.45, 2.75) is 44.7 Å². The molecule has 0 atom stereocenters. The minimum atomic E-state index is 0.104. The molecule has 1 aromatic rings. The number of nitrogens with two attached hydrogens (primary N) is 1. The maximum atomic E-state index is 12.7. The van der Waals surface area contributed by atoms with Gasteiger partial charge in [-0.25, -0.2) is 0 Å². The zero-order valence-electron chi connectivity index (χ0n) is 11.6. The summed E-state index contributed by atoms with van der Waals surface area (Å²) in [7, 11) is 0. The van der Waals surface area contributed by atoms with Gasteiger partial charge in [0.2, 0.25) is 0 Å². The number of amides is 1. The maximum Gasteiger partial charge on any atom is 0.255 e. The zero-order chi connectivity index (χ0) is 14.7. The van der Waals surface area contributed by atoms with Gasteiger partial charge in [-0.15, -0.1) is 0 Å². The molecule has 0 aromatic heterocycles. The van der Waals surface area contributed by atoms with Crippen LogP contribution >= 0.6 is 31.9 Å². The third kappa shape index (κ3) is 3.62. The second-order valence-corrected chi connectivity index (χ2v) is 7.05. The molecule has 1 aromatic carbocycles. The smallest absolute Gasteiger partial charge is 0.255 e. The lowest BCUT2D eigenvalue weighted by atomic mass is 9.90. The average molecular weight is 404 g/mol. The summed E-state index contributed by atoms with van der Waals surface area (Å²) in [5, 5.41) is 0. The van der Waals surface area contributed by atoms with Gasteiger partial charge < -0.3 is 10.6 Å². The van der Waals surface area contributed by atoms with Crippen molar-refractivity contribution in [1.29, 1.82) is 0 Å². The van der Waals surface area contributed by atoms with Crippen LogP contribution < -0.4 is 5.73 Å². The van der Waals surface area contributed by atoms with Crippen molar-refractivity contribution in [2.75, 3.05) is 6.54 Å². The van der Waals surface area contributed by atoms with E-state index in [1.807, 2.05) is 30.0 Å². The Bertz CT molecular complexity index is 485. The fraction of sp³-hybridized carbons (Fsp3) is 0.533. The normalized spacial score (nSPS) is 22.6. The number of nitrogens with zero attached hydrogens (tertiary/aromatic N) is 1. The van der Waals surface area contributed by atoms with Gasteiger partial charge in [0.25, 0.3) is 5.91 Å². The monoisotopic (exact) mass is 402 g/mol. The van der Waals surface area contributed by atoms with Crippen molar-refractivity contribution in [2.24, 2.45) is 5.73 Å². The Hall–Kier alpha value is -0.390. The quantitative estimate of drug-likeness (QED) is 0.830. The highest BCUT2D eigenvalue weighted by Crippen LogP contribution is 2.27. The molecule has 110 valence electrons. The lowest BCUT2D eigenvalue weighted by Gasteiger charge is -2.35. The van der Waals surface area contributed by atoms with Crippen LogP contribution in [0.15, 0.2) is 27.1 Å². The van der Waals surface area contributed by atoms with Gasteiger partial charge in [0.1, 0.15) is 0 Å². The first kappa shape index (κ1) is 16.0. The molecule has 1 saturated carbocycles.